The Morgan fingerprint density at radius 3 is 1.47 bits per heavy atom. The zero-order valence-electron chi connectivity index (χ0n) is 31.6. The van der Waals surface area contributed by atoms with Gasteiger partial charge in [0.25, 0.3) is 0 Å². The third kappa shape index (κ3) is 5.36. The van der Waals surface area contributed by atoms with Crippen molar-refractivity contribution in [1.82, 2.24) is 24.1 Å². The van der Waals surface area contributed by atoms with Crippen molar-refractivity contribution in [2.24, 2.45) is 0 Å². The van der Waals surface area contributed by atoms with E-state index in [0.717, 1.165) is 124 Å². The molecular weight excluding hydrogens is 699 g/mol. The molecule has 6 nitrogen and oxygen atoms in total. The summed E-state index contributed by atoms with van der Waals surface area (Å²) in [4.78, 5) is 15.2. The summed E-state index contributed by atoms with van der Waals surface area (Å²) < 4.78 is 11.1. The van der Waals surface area contributed by atoms with Crippen LogP contribution in [-0.4, -0.2) is 24.1 Å². The Bertz CT molecular complexity index is 3170. The van der Waals surface area contributed by atoms with E-state index in [1.165, 1.54) is 0 Å². The molecule has 0 bridgehead atoms. The molecule has 4 aromatic heterocycles. The first kappa shape index (κ1) is 33.1. The summed E-state index contributed by atoms with van der Waals surface area (Å²) in [5.74, 6) is 2.09. The van der Waals surface area contributed by atoms with E-state index in [9.17, 15) is 0 Å². The third-order valence-electron chi connectivity index (χ3n) is 11.2. The molecule has 272 valence electrons. The molecule has 0 radical (unpaired) electrons. The molecule has 0 aliphatic rings. The summed E-state index contributed by atoms with van der Waals surface area (Å²) in [7, 11) is 0. The topological polar surface area (TPSA) is 61.7 Å². The van der Waals surface area contributed by atoms with Gasteiger partial charge in [0.15, 0.2) is 0 Å². The number of nitrogens with zero attached hydrogens (tertiary/aromatic N) is 5. The molecule has 4 heterocycles. The molecule has 57 heavy (non-hydrogen) atoms. The quantitative estimate of drug-likeness (QED) is 0.163. The van der Waals surface area contributed by atoms with E-state index in [1.54, 1.807) is 0 Å². The lowest BCUT2D eigenvalue weighted by Gasteiger charge is -2.14. The second kappa shape index (κ2) is 13.2. The molecule has 0 aliphatic heterocycles. The highest BCUT2D eigenvalue weighted by molar-refractivity contribution is 6.19. The van der Waals surface area contributed by atoms with Gasteiger partial charge in [-0.15, -0.1) is 0 Å². The maximum absolute atomic E-state index is 6.60. The van der Waals surface area contributed by atoms with E-state index in [-0.39, 0.29) is 0 Å². The minimum atomic E-state index is 0.841. The van der Waals surface area contributed by atoms with Crippen molar-refractivity contribution in [2.45, 2.75) is 26.7 Å². The van der Waals surface area contributed by atoms with Crippen molar-refractivity contribution in [3.8, 4) is 44.9 Å². The summed E-state index contributed by atoms with van der Waals surface area (Å²) in [6.07, 6.45) is 1.68. The van der Waals surface area contributed by atoms with Crippen molar-refractivity contribution in [2.75, 3.05) is 0 Å². The van der Waals surface area contributed by atoms with E-state index in [2.05, 4.69) is 156 Å². The van der Waals surface area contributed by atoms with Gasteiger partial charge in [-0.2, -0.15) is 0 Å². The summed E-state index contributed by atoms with van der Waals surface area (Å²) in [5, 5.41) is 3.09. The van der Waals surface area contributed by atoms with Crippen LogP contribution < -0.4 is 0 Å². The largest absolute Gasteiger partial charge is 0.455 e. The second-order valence-corrected chi connectivity index (χ2v) is 14.6. The van der Waals surface area contributed by atoms with Crippen molar-refractivity contribution in [3.63, 3.8) is 0 Å². The van der Waals surface area contributed by atoms with Gasteiger partial charge in [0.1, 0.15) is 22.8 Å². The fraction of sp³-hybridized carbons (Fsp3) is 0.0784. The highest BCUT2D eigenvalue weighted by Gasteiger charge is 2.20. The smallest absolute Gasteiger partial charge is 0.147 e. The Hall–Kier alpha value is -7.31. The number of pyridine rings is 1. The molecule has 0 saturated carbocycles. The lowest BCUT2D eigenvalue weighted by molar-refractivity contribution is 0.672. The Labute approximate surface area is 329 Å². The SMILES string of the molecule is CCc1nc2ccccc2n1-c1ccc(-c2cc(-c3ccc(-n4c(CC)nc5ccccc54)cc3)cc(-c3nc4ccccc4c4oc5ccccc5c34)c2)cc1. The summed E-state index contributed by atoms with van der Waals surface area (Å²) in [5.41, 5.74) is 15.4. The number of furan rings is 1. The normalized spacial score (nSPS) is 11.8. The average Bonchev–Trinajstić information content (AvgIpc) is 3.98. The van der Waals surface area contributed by atoms with Gasteiger partial charge in [-0.3, -0.25) is 9.13 Å². The maximum Gasteiger partial charge on any atom is 0.147 e. The molecule has 0 amide bonds. The van der Waals surface area contributed by atoms with Gasteiger partial charge in [0, 0.05) is 40.6 Å². The Balaban J connectivity index is 1.10. The first-order valence-electron chi connectivity index (χ1n) is 19.6. The molecule has 7 aromatic carbocycles. The number of benzene rings is 7. The molecule has 0 unspecified atom stereocenters. The maximum atomic E-state index is 6.60. The predicted molar refractivity (Wildman–Crippen MR) is 233 cm³/mol. The first-order chi connectivity index (χ1) is 28.1. The molecule has 0 fully saturated rings. The lowest BCUT2D eigenvalue weighted by Crippen LogP contribution is -2.00. The standard InChI is InChI=1S/C51H37N5O/c1-3-47-52-42-16-8-10-18-44(42)55(47)37-25-21-32(22-26-37)34-29-35(33-23-27-38(28-24-33)56-45-19-11-9-17-43(45)53-48(56)4-2)31-36(30-34)50-49-40-14-6-12-20-46(40)57-51(49)39-13-5-7-15-41(39)54-50/h5-31H,3-4H2,1-2H3. The molecule has 11 aromatic rings. The molecule has 11 rings (SSSR count). The average molecular weight is 736 g/mol. The number of rotatable bonds is 7. The van der Waals surface area contributed by atoms with Crippen LogP contribution >= 0.6 is 0 Å². The number of imidazole rings is 2. The lowest BCUT2D eigenvalue weighted by atomic mass is 9.93. The Kier molecular flexibility index (Phi) is 7.64. The first-order valence-corrected chi connectivity index (χ1v) is 19.6. The van der Waals surface area contributed by atoms with Crippen molar-refractivity contribution < 1.29 is 4.42 Å². The van der Waals surface area contributed by atoms with E-state index in [1.807, 2.05) is 30.3 Å². The van der Waals surface area contributed by atoms with Crippen LogP contribution in [0.4, 0.5) is 0 Å². The van der Waals surface area contributed by atoms with Crippen LogP contribution in [0.1, 0.15) is 25.5 Å². The van der Waals surface area contributed by atoms with Crippen LogP contribution in [0.15, 0.2) is 168 Å². The van der Waals surface area contributed by atoms with E-state index in [0.29, 0.717) is 0 Å². The van der Waals surface area contributed by atoms with Gasteiger partial charge in [-0.25, -0.2) is 15.0 Å². The van der Waals surface area contributed by atoms with Crippen molar-refractivity contribution >= 4 is 54.9 Å². The minimum Gasteiger partial charge on any atom is -0.455 e. The number of para-hydroxylation sites is 6. The van der Waals surface area contributed by atoms with Crippen molar-refractivity contribution in [1.29, 1.82) is 0 Å². The number of aromatic nitrogens is 5. The van der Waals surface area contributed by atoms with Gasteiger partial charge in [-0.05, 0) is 107 Å². The highest BCUT2D eigenvalue weighted by Crippen LogP contribution is 2.42. The molecule has 0 N–H and O–H groups in total. The van der Waals surface area contributed by atoms with Crippen LogP contribution in [-0.2, 0) is 12.8 Å². The fourth-order valence-corrected chi connectivity index (χ4v) is 8.52. The van der Waals surface area contributed by atoms with Gasteiger partial charge in [-0.1, -0.05) is 92.7 Å². The number of hydrogen-bond acceptors (Lipinski definition) is 4. The van der Waals surface area contributed by atoms with Crippen molar-refractivity contribution in [3.05, 3.63) is 175 Å². The van der Waals surface area contributed by atoms with E-state index < -0.39 is 0 Å². The van der Waals surface area contributed by atoms with Crippen LogP contribution in [0.5, 0.6) is 0 Å². The van der Waals surface area contributed by atoms with E-state index in [4.69, 9.17) is 19.4 Å². The third-order valence-corrected chi connectivity index (χ3v) is 11.2. The number of hydrogen-bond donors (Lipinski definition) is 0. The van der Waals surface area contributed by atoms with Crippen LogP contribution in [0, 0.1) is 0 Å². The molecule has 0 aliphatic carbocycles. The second-order valence-electron chi connectivity index (χ2n) is 14.6. The molecular formula is C51H37N5O. The Morgan fingerprint density at radius 1 is 0.439 bits per heavy atom. The van der Waals surface area contributed by atoms with Crippen LogP contribution in [0.25, 0.3) is 99.8 Å². The van der Waals surface area contributed by atoms with Gasteiger partial charge < -0.3 is 4.42 Å². The molecule has 6 heteroatoms. The summed E-state index contributed by atoms with van der Waals surface area (Å²) in [6.45, 7) is 4.32. The molecule has 0 atom stereocenters. The minimum absolute atomic E-state index is 0.841. The molecule has 0 spiro atoms. The van der Waals surface area contributed by atoms with Crippen LogP contribution in [0.3, 0.4) is 0 Å². The van der Waals surface area contributed by atoms with E-state index >= 15 is 0 Å². The monoisotopic (exact) mass is 735 g/mol. The zero-order valence-corrected chi connectivity index (χ0v) is 31.6. The summed E-state index contributed by atoms with van der Waals surface area (Å²) in [6, 6.07) is 57.8. The zero-order chi connectivity index (χ0) is 38.0. The highest BCUT2D eigenvalue weighted by atomic mass is 16.3. The van der Waals surface area contributed by atoms with Gasteiger partial charge in [0.05, 0.1) is 38.7 Å². The van der Waals surface area contributed by atoms with Gasteiger partial charge in [0.2, 0.25) is 0 Å². The van der Waals surface area contributed by atoms with Gasteiger partial charge >= 0.3 is 0 Å². The fourth-order valence-electron chi connectivity index (χ4n) is 8.52. The summed E-state index contributed by atoms with van der Waals surface area (Å²) >= 11 is 0. The molecule has 0 saturated heterocycles. The predicted octanol–water partition coefficient (Wildman–Crippen LogP) is 12.9. The number of fused-ring (bicyclic) bond motifs is 7. The number of aryl methyl sites for hydroxylation is 2. The Morgan fingerprint density at radius 2 is 0.912 bits per heavy atom. The van der Waals surface area contributed by atoms with Crippen LogP contribution in [0.2, 0.25) is 0 Å².